The van der Waals surface area contributed by atoms with Crippen LogP contribution in [-0.4, -0.2) is 66.8 Å². The summed E-state index contributed by atoms with van der Waals surface area (Å²) < 4.78 is 38.3. The van der Waals surface area contributed by atoms with Gasteiger partial charge in [-0.15, -0.1) is 0 Å². The number of benzene rings is 1. The Labute approximate surface area is 168 Å². The minimum atomic E-state index is -0.860. The lowest BCUT2D eigenvalue weighted by Gasteiger charge is -2.41. The Morgan fingerprint density at radius 2 is 1.69 bits per heavy atom. The zero-order valence-electron chi connectivity index (χ0n) is 16.3. The number of piperidine rings is 2. The van der Waals surface area contributed by atoms with Crippen molar-refractivity contribution in [3.63, 3.8) is 0 Å². The van der Waals surface area contributed by atoms with E-state index in [0.29, 0.717) is 51.8 Å². The van der Waals surface area contributed by atoms with E-state index in [1.807, 2.05) is 4.90 Å². The van der Waals surface area contributed by atoms with Crippen molar-refractivity contribution in [2.24, 2.45) is 5.92 Å². The summed E-state index contributed by atoms with van der Waals surface area (Å²) in [5.74, 6) is -2.11. The van der Waals surface area contributed by atoms with Crippen molar-refractivity contribution in [1.29, 1.82) is 0 Å². The van der Waals surface area contributed by atoms with E-state index in [4.69, 9.17) is 9.47 Å². The Kier molecular flexibility index (Phi) is 6.10. The predicted molar refractivity (Wildman–Crippen MR) is 100 cm³/mol. The molecule has 6 nitrogen and oxygen atoms in total. The largest absolute Gasteiger partial charge is 0.348 e. The van der Waals surface area contributed by atoms with Gasteiger partial charge in [0.1, 0.15) is 11.6 Å². The van der Waals surface area contributed by atoms with Crippen LogP contribution in [0, 0.1) is 17.6 Å². The Balaban J connectivity index is 1.37. The average Bonchev–Trinajstić information content (AvgIpc) is 3.28. The molecule has 2 amide bonds. The highest BCUT2D eigenvalue weighted by atomic mass is 19.1. The third kappa shape index (κ3) is 4.28. The lowest BCUT2D eigenvalue weighted by molar-refractivity contribution is -0.155. The maximum atomic E-state index is 13.9. The molecule has 1 atom stereocenters. The standard InChI is InChI=1S/C21H26F2N2O4/c22-15-4-5-16(17(23)13-15)20(27)24-9-6-14(7-10-24)19(26)25-8-2-1-3-18(25)21-28-11-12-29-21/h4-5,13-14,18,21H,1-3,6-12H2. The Bertz CT molecular complexity index is 761. The number of halogens is 2. The maximum Gasteiger partial charge on any atom is 0.256 e. The minimum Gasteiger partial charge on any atom is -0.348 e. The summed E-state index contributed by atoms with van der Waals surface area (Å²) in [5, 5.41) is 0. The van der Waals surface area contributed by atoms with Crippen molar-refractivity contribution < 1.29 is 27.8 Å². The zero-order valence-corrected chi connectivity index (χ0v) is 16.3. The van der Waals surface area contributed by atoms with Gasteiger partial charge >= 0.3 is 0 Å². The van der Waals surface area contributed by atoms with Crippen LogP contribution in [0.15, 0.2) is 18.2 Å². The average molecular weight is 408 g/mol. The van der Waals surface area contributed by atoms with Gasteiger partial charge in [-0.25, -0.2) is 8.78 Å². The van der Waals surface area contributed by atoms with Crippen molar-refractivity contribution >= 4 is 11.8 Å². The summed E-state index contributed by atoms with van der Waals surface area (Å²) in [5.41, 5.74) is -0.136. The van der Waals surface area contributed by atoms with E-state index < -0.39 is 17.5 Å². The number of rotatable bonds is 3. The maximum absolute atomic E-state index is 13.9. The first kappa shape index (κ1) is 20.2. The molecule has 3 fully saturated rings. The molecule has 0 saturated carbocycles. The summed E-state index contributed by atoms with van der Waals surface area (Å²) in [7, 11) is 0. The SMILES string of the molecule is O=C(c1ccc(F)cc1F)N1CCC(C(=O)N2CCCCC2C2OCCO2)CC1. The number of hydrogen-bond acceptors (Lipinski definition) is 4. The van der Waals surface area contributed by atoms with Crippen molar-refractivity contribution in [2.45, 2.75) is 44.4 Å². The predicted octanol–water partition coefficient (Wildman–Crippen LogP) is 2.57. The molecular weight excluding hydrogens is 382 g/mol. The van der Waals surface area contributed by atoms with Crippen LogP contribution in [0.1, 0.15) is 42.5 Å². The lowest BCUT2D eigenvalue weighted by Crippen LogP contribution is -2.53. The van der Waals surface area contributed by atoms with Gasteiger partial charge in [0.25, 0.3) is 5.91 Å². The molecule has 0 radical (unpaired) electrons. The highest BCUT2D eigenvalue weighted by Gasteiger charge is 2.39. The fraction of sp³-hybridized carbons (Fsp3) is 0.619. The van der Waals surface area contributed by atoms with Gasteiger partial charge in [-0.1, -0.05) is 0 Å². The van der Waals surface area contributed by atoms with E-state index in [1.54, 1.807) is 0 Å². The zero-order chi connectivity index (χ0) is 20.4. The molecule has 8 heteroatoms. The molecule has 0 bridgehead atoms. The van der Waals surface area contributed by atoms with E-state index >= 15 is 0 Å². The summed E-state index contributed by atoms with van der Waals surface area (Å²) in [4.78, 5) is 29.2. The molecule has 0 N–H and O–H groups in total. The van der Waals surface area contributed by atoms with Crippen molar-refractivity contribution in [3.05, 3.63) is 35.4 Å². The second-order valence-electron chi connectivity index (χ2n) is 7.90. The minimum absolute atomic E-state index is 0.0493. The third-order valence-electron chi connectivity index (χ3n) is 6.09. The molecule has 3 saturated heterocycles. The van der Waals surface area contributed by atoms with Crippen LogP contribution in [0.5, 0.6) is 0 Å². The van der Waals surface area contributed by atoms with E-state index in [-0.39, 0.29) is 29.7 Å². The molecule has 0 aromatic heterocycles. The van der Waals surface area contributed by atoms with Gasteiger partial charge in [-0.05, 0) is 44.2 Å². The number of carbonyl (C=O) groups is 2. The molecule has 3 aliphatic heterocycles. The van der Waals surface area contributed by atoms with Crippen LogP contribution in [0.2, 0.25) is 0 Å². The number of ether oxygens (including phenoxy) is 2. The summed E-state index contributed by atoms with van der Waals surface area (Å²) >= 11 is 0. The second kappa shape index (κ2) is 8.75. The molecular formula is C21H26F2N2O4. The van der Waals surface area contributed by atoms with Crippen molar-refractivity contribution in [1.82, 2.24) is 9.80 Å². The van der Waals surface area contributed by atoms with E-state index in [1.165, 1.54) is 11.0 Å². The van der Waals surface area contributed by atoms with Crippen molar-refractivity contribution in [2.75, 3.05) is 32.8 Å². The number of nitrogens with zero attached hydrogens (tertiary/aromatic N) is 2. The smallest absolute Gasteiger partial charge is 0.256 e. The molecule has 1 aromatic carbocycles. The van der Waals surface area contributed by atoms with E-state index in [9.17, 15) is 18.4 Å². The van der Waals surface area contributed by atoms with Crippen LogP contribution in [0.4, 0.5) is 8.78 Å². The number of hydrogen-bond donors (Lipinski definition) is 0. The normalized spacial score (nSPS) is 24.1. The highest BCUT2D eigenvalue weighted by molar-refractivity contribution is 5.94. The molecule has 4 rings (SSSR count). The van der Waals surface area contributed by atoms with Gasteiger partial charge in [0, 0.05) is 31.6 Å². The van der Waals surface area contributed by atoms with Crippen LogP contribution in [0.3, 0.4) is 0 Å². The van der Waals surface area contributed by atoms with E-state index in [2.05, 4.69) is 0 Å². The van der Waals surface area contributed by atoms with Crippen LogP contribution in [0.25, 0.3) is 0 Å². The highest BCUT2D eigenvalue weighted by Crippen LogP contribution is 2.29. The molecule has 0 aliphatic carbocycles. The first-order chi connectivity index (χ1) is 14.0. The molecule has 158 valence electrons. The molecule has 1 unspecified atom stereocenters. The summed E-state index contributed by atoms with van der Waals surface area (Å²) in [6, 6.07) is 2.92. The molecule has 0 spiro atoms. The molecule has 1 aromatic rings. The van der Waals surface area contributed by atoms with Crippen molar-refractivity contribution in [3.8, 4) is 0 Å². The molecule has 29 heavy (non-hydrogen) atoms. The Morgan fingerprint density at radius 1 is 0.966 bits per heavy atom. The number of carbonyl (C=O) groups excluding carboxylic acids is 2. The fourth-order valence-electron chi connectivity index (χ4n) is 4.51. The quantitative estimate of drug-likeness (QED) is 0.772. The Hall–Kier alpha value is -2.06. The van der Waals surface area contributed by atoms with Gasteiger partial charge in [0.05, 0.1) is 24.8 Å². The monoisotopic (exact) mass is 408 g/mol. The first-order valence-electron chi connectivity index (χ1n) is 10.3. The van der Waals surface area contributed by atoms with Gasteiger partial charge in [0.2, 0.25) is 5.91 Å². The lowest BCUT2D eigenvalue weighted by atomic mass is 9.92. The summed E-state index contributed by atoms with van der Waals surface area (Å²) in [6.45, 7) is 2.57. The Morgan fingerprint density at radius 3 is 2.38 bits per heavy atom. The van der Waals surface area contributed by atoms with Crippen LogP contribution >= 0.6 is 0 Å². The molecule has 3 heterocycles. The number of amides is 2. The fourth-order valence-corrected chi connectivity index (χ4v) is 4.51. The van der Waals surface area contributed by atoms with Crippen LogP contribution in [-0.2, 0) is 14.3 Å². The third-order valence-corrected chi connectivity index (χ3v) is 6.09. The summed E-state index contributed by atoms with van der Waals surface area (Å²) in [6.07, 6.45) is 3.61. The topological polar surface area (TPSA) is 59.1 Å². The second-order valence-corrected chi connectivity index (χ2v) is 7.90. The van der Waals surface area contributed by atoms with Crippen LogP contribution < -0.4 is 0 Å². The number of likely N-dealkylation sites (tertiary alicyclic amines) is 2. The van der Waals surface area contributed by atoms with Gasteiger partial charge < -0.3 is 19.3 Å². The van der Waals surface area contributed by atoms with E-state index in [0.717, 1.165) is 25.3 Å². The molecule has 3 aliphatic rings. The first-order valence-corrected chi connectivity index (χ1v) is 10.3. The van der Waals surface area contributed by atoms with Gasteiger partial charge in [0.15, 0.2) is 6.29 Å². The van der Waals surface area contributed by atoms with Gasteiger partial charge in [-0.2, -0.15) is 0 Å². The van der Waals surface area contributed by atoms with Gasteiger partial charge in [-0.3, -0.25) is 9.59 Å².